The van der Waals surface area contributed by atoms with Gasteiger partial charge in [-0.05, 0) is 80.9 Å². The molecule has 0 unspecified atom stereocenters. The van der Waals surface area contributed by atoms with Crippen molar-refractivity contribution >= 4 is 35.0 Å². The minimum atomic E-state index is -0.395. The van der Waals surface area contributed by atoms with Crippen LogP contribution in [0.1, 0.15) is 29.8 Å². The normalized spacial score (nSPS) is 13.4. The zero-order valence-electron chi connectivity index (χ0n) is 24.6. The predicted octanol–water partition coefficient (Wildman–Crippen LogP) is 5.06. The van der Waals surface area contributed by atoms with Crippen molar-refractivity contribution in [1.82, 2.24) is 25.2 Å². The molecule has 1 aliphatic heterocycles. The Morgan fingerprint density at radius 1 is 0.977 bits per heavy atom. The van der Waals surface area contributed by atoms with Crippen LogP contribution < -0.4 is 20.9 Å². The highest BCUT2D eigenvalue weighted by atomic mass is 16.6. The highest BCUT2D eigenvalue weighted by Gasteiger charge is 2.18. The molecule has 222 valence electrons. The molecular weight excluding hydrogens is 544 g/mol. The molecular formula is C32H36N8O3. The van der Waals surface area contributed by atoms with Crippen LogP contribution in [0.4, 0.5) is 27.8 Å². The van der Waals surface area contributed by atoms with Gasteiger partial charge in [0.05, 0.1) is 18.5 Å². The molecule has 0 spiro atoms. The lowest BCUT2D eigenvalue weighted by Gasteiger charge is -2.36. The third kappa shape index (κ3) is 8.04. The standard InChI is InChI=1S/C32H36N8O3/c1-22(2)43-32(42)35-21-39-15-17-40(18-16-39)27-10-8-26(9-11-27)36-30(41)24-7-6-23(3)29(19-24)38-31-34-14-12-28(37-31)25-5-4-13-33-20-25/h4-14,19-20,22H,15-18,21H2,1-3H3,(H,35,42)(H,36,41)(H,34,37,38). The van der Waals surface area contributed by atoms with Crippen molar-refractivity contribution in [2.45, 2.75) is 26.9 Å². The van der Waals surface area contributed by atoms with Gasteiger partial charge in [-0.1, -0.05) is 6.07 Å². The topological polar surface area (TPSA) is 125 Å². The van der Waals surface area contributed by atoms with Gasteiger partial charge in [0.2, 0.25) is 5.95 Å². The number of anilines is 4. The summed E-state index contributed by atoms with van der Waals surface area (Å²) in [4.78, 5) is 42.4. The van der Waals surface area contributed by atoms with E-state index in [1.54, 1.807) is 30.7 Å². The summed E-state index contributed by atoms with van der Waals surface area (Å²) in [6, 6.07) is 19.0. The van der Waals surface area contributed by atoms with Crippen LogP contribution in [0.25, 0.3) is 11.3 Å². The molecule has 2 amide bonds. The lowest BCUT2D eigenvalue weighted by Crippen LogP contribution is -2.50. The number of nitrogens with zero attached hydrogens (tertiary/aromatic N) is 5. The number of amides is 2. The molecule has 1 aliphatic rings. The van der Waals surface area contributed by atoms with Crippen molar-refractivity contribution in [3.8, 4) is 11.3 Å². The maximum absolute atomic E-state index is 13.1. The van der Waals surface area contributed by atoms with E-state index in [2.05, 4.69) is 40.7 Å². The van der Waals surface area contributed by atoms with Gasteiger partial charge in [0.25, 0.3) is 5.91 Å². The van der Waals surface area contributed by atoms with Gasteiger partial charge in [-0.15, -0.1) is 0 Å². The summed E-state index contributed by atoms with van der Waals surface area (Å²) in [6.07, 6.45) is 4.63. The van der Waals surface area contributed by atoms with E-state index in [0.29, 0.717) is 23.9 Å². The van der Waals surface area contributed by atoms with E-state index in [-0.39, 0.29) is 12.0 Å². The SMILES string of the molecule is Cc1ccc(C(=O)Nc2ccc(N3CCN(CNC(=O)OC(C)C)CC3)cc2)cc1Nc1nccc(-c2cccnc2)n1. The van der Waals surface area contributed by atoms with Crippen LogP contribution in [-0.4, -0.2) is 70.8 Å². The molecule has 0 radical (unpaired) electrons. The number of piperazine rings is 1. The van der Waals surface area contributed by atoms with Crippen LogP contribution in [0.3, 0.4) is 0 Å². The fourth-order valence-corrected chi connectivity index (χ4v) is 4.67. The summed E-state index contributed by atoms with van der Waals surface area (Å²) >= 11 is 0. The zero-order chi connectivity index (χ0) is 30.2. The first-order valence-electron chi connectivity index (χ1n) is 14.3. The Bertz CT molecular complexity index is 1540. The molecule has 2 aromatic carbocycles. The number of alkyl carbamates (subject to hydrolysis) is 1. The van der Waals surface area contributed by atoms with E-state index in [0.717, 1.165) is 54.4 Å². The maximum atomic E-state index is 13.1. The van der Waals surface area contributed by atoms with Gasteiger partial charge >= 0.3 is 6.09 Å². The number of nitrogens with one attached hydrogen (secondary N) is 3. The number of carbonyl (C=O) groups is 2. The molecule has 4 aromatic rings. The van der Waals surface area contributed by atoms with Gasteiger partial charge in [0.1, 0.15) is 0 Å². The highest BCUT2D eigenvalue weighted by Crippen LogP contribution is 2.24. The monoisotopic (exact) mass is 580 g/mol. The first kappa shape index (κ1) is 29.5. The molecule has 0 saturated carbocycles. The number of hydrogen-bond acceptors (Lipinski definition) is 9. The van der Waals surface area contributed by atoms with Gasteiger partial charge in [-0.2, -0.15) is 0 Å². The molecule has 2 aromatic heterocycles. The Morgan fingerprint density at radius 3 is 2.49 bits per heavy atom. The predicted molar refractivity (Wildman–Crippen MR) is 168 cm³/mol. The quantitative estimate of drug-likeness (QED) is 0.249. The zero-order valence-corrected chi connectivity index (χ0v) is 24.6. The molecule has 1 fully saturated rings. The molecule has 3 N–H and O–H groups in total. The largest absolute Gasteiger partial charge is 0.447 e. The summed E-state index contributed by atoms with van der Waals surface area (Å²) in [5, 5.41) is 9.04. The smallest absolute Gasteiger partial charge is 0.408 e. The van der Waals surface area contributed by atoms with Gasteiger partial charge < -0.3 is 25.6 Å². The fraction of sp³-hybridized carbons (Fsp3) is 0.281. The van der Waals surface area contributed by atoms with E-state index in [1.165, 1.54) is 0 Å². The van der Waals surface area contributed by atoms with Crippen molar-refractivity contribution < 1.29 is 14.3 Å². The third-order valence-electron chi connectivity index (χ3n) is 7.01. The lowest BCUT2D eigenvalue weighted by atomic mass is 10.1. The van der Waals surface area contributed by atoms with Crippen molar-refractivity contribution in [2.24, 2.45) is 0 Å². The second-order valence-electron chi connectivity index (χ2n) is 10.6. The van der Waals surface area contributed by atoms with Crippen molar-refractivity contribution in [3.63, 3.8) is 0 Å². The Kier molecular flexibility index (Phi) is 9.42. The first-order valence-corrected chi connectivity index (χ1v) is 14.3. The van der Waals surface area contributed by atoms with E-state index in [9.17, 15) is 9.59 Å². The molecule has 5 rings (SSSR count). The first-order chi connectivity index (χ1) is 20.8. The summed E-state index contributed by atoms with van der Waals surface area (Å²) in [5.74, 6) is 0.223. The number of hydrogen-bond donors (Lipinski definition) is 3. The Balaban J connectivity index is 1.16. The molecule has 11 nitrogen and oxygen atoms in total. The second kappa shape index (κ2) is 13.8. The number of carbonyl (C=O) groups excluding carboxylic acids is 2. The van der Waals surface area contributed by atoms with Crippen LogP contribution in [0.5, 0.6) is 0 Å². The molecule has 0 atom stereocenters. The lowest BCUT2D eigenvalue weighted by molar-refractivity contribution is 0.102. The van der Waals surface area contributed by atoms with Gasteiger partial charge in [0.15, 0.2) is 0 Å². The average Bonchev–Trinajstić information content (AvgIpc) is 3.02. The molecule has 0 bridgehead atoms. The Labute approximate surface area is 251 Å². The van der Waals surface area contributed by atoms with Crippen molar-refractivity contribution in [3.05, 3.63) is 90.4 Å². The number of aromatic nitrogens is 3. The van der Waals surface area contributed by atoms with Crippen LogP contribution in [0, 0.1) is 6.92 Å². The molecule has 1 saturated heterocycles. The molecule has 3 heterocycles. The third-order valence-corrected chi connectivity index (χ3v) is 7.01. The van der Waals surface area contributed by atoms with Gasteiger partial charge in [0, 0.05) is 73.0 Å². The van der Waals surface area contributed by atoms with Crippen LogP contribution >= 0.6 is 0 Å². The number of rotatable bonds is 9. The minimum absolute atomic E-state index is 0.141. The average molecular weight is 581 g/mol. The minimum Gasteiger partial charge on any atom is -0.447 e. The number of ether oxygens (including phenoxy) is 1. The molecule has 11 heteroatoms. The summed E-state index contributed by atoms with van der Waals surface area (Å²) in [5.41, 5.74) is 5.66. The summed E-state index contributed by atoms with van der Waals surface area (Å²) in [7, 11) is 0. The summed E-state index contributed by atoms with van der Waals surface area (Å²) in [6.45, 7) is 9.39. The number of aryl methyl sites for hydroxylation is 1. The molecule has 0 aliphatic carbocycles. The van der Waals surface area contributed by atoms with E-state index >= 15 is 0 Å². The van der Waals surface area contributed by atoms with E-state index in [4.69, 9.17) is 4.74 Å². The molecule has 43 heavy (non-hydrogen) atoms. The van der Waals surface area contributed by atoms with E-state index in [1.807, 2.05) is 69.3 Å². The van der Waals surface area contributed by atoms with Crippen LogP contribution in [0.15, 0.2) is 79.3 Å². The van der Waals surface area contributed by atoms with Gasteiger partial charge in [-0.25, -0.2) is 14.8 Å². The Hall–Kier alpha value is -5.03. The van der Waals surface area contributed by atoms with E-state index < -0.39 is 6.09 Å². The van der Waals surface area contributed by atoms with Gasteiger partial charge in [-0.3, -0.25) is 14.7 Å². The summed E-state index contributed by atoms with van der Waals surface area (Å²) < 4.78 is 5.12. The van der Waals surface area contributed by atoms with Crippen LogP contribution in [-0.2, 0) is 4.74 Å². The Morgan fingerprint density at radius 2 is 1.77 bits per heavy atom. The number of benzene rings is 2. The second-order valence-corrected chi connectivity index (χ2v) is 10.6. The maximum Gasteiger partial charge on any atom is 0.408 e. The number of pyridine rings is 1. The van der Waals surface area contributed by atoms with Crippen molar-refractivity contribution in [1.29, 1.82) is 0 Å². The van der Waals surface area contributed by atoms with Crippen molar-refractivity contribution in [2.75, 3.05) is 48.4 Å². The highest BCUT2D eigenvalue weighted by molar-refractivity contribution is 6.05. The fourth-order valence-electron chi connectivity index (χ4n) is 4.67. The van der Waals surface area contributed by atoms with Crippen LogP contribution in [0.2, 0.25) is 0 Å².